The van der Waals surface area contributed by atoms with Gasteiger partial charge in [0.2, 0.25) is 0 Å². The van der Waals surface area contributed by atoms with E-state index in [9.17, 15) is 4.79 Å². The Hall–Kier alpha value is -1.88. The van der Waals surface area contributed by atoms with Crippen molar-refractivity contribution in [2.45, 2.75) is 33.7 Å². The van der Waals surface area contributed by atoms with Gasteiger partial charge >= 0.3 is 5.97 Å². The molecule has 0 aliphatic heterocycles. The molecule has 1 aromatic carbocycles. The van der Waals surface area contributed by atoms with Gasteiger partial charge in [-0.1, -0.05) is 18.2 Å². The second-order valence-corrected chi connectivity index (χ2v) is 7.60. The number of thiazole rings is 1. The number of nitrogens with zero attached hydrogens (tertiary/aromatic N) is 3. The van der Waals surface area contributed by atoms with Gasteiger partial charge in [-0.05, 0) is 39.8 Å². The fourth-order valence-corrected chi connectivity index (χ4v) is 3.66. The number of aromatic nitrogens is 1. The smallest absolute Gasteiger partial charge is 0.350 e. The maximum atomic E-state index is 12.0. The van der Waals surface area contributed by atoms with Crippen molar-refractivity contribution in [1.82, 2.24) is 15.6 Å². The van der Waals surface area contributed by atoms with E-state index in [2.05, 4.69) is 44.7 Å². The van der Waals surface area contributed by atoms with Gasteiger partial charge in [-0.25, -0.2) is 9.78 Å². The Bertz CT molecular complexity index is 813. The molecule has 0 amide bonds. The van der Waals surface area contributed by atoms with Crippen LogP contribution in [0.3, 0.4) is 0 Å². The normalized spacial score (nSPS) is 12.0. The Balaban J connectivity index is 0.00000450. The predicted molar refractivity (Wildman–Crippen MR) is 135 cm³/mol. The van der Waals surface area contributed by atoms with Gasteiger partial charge in [0.1, 0.15) is 9.88 Å². The number of ether oxygens (including phenoxy) is 1. The van der Waals surface area contributed by atoms with Crippen molar-refractivity contribution < 1.29 is 9.53 Å². The lowest BCUT2D eigenvalue weighted by atomic mass is 10.3. The van der Waals surface area contributed by atoms with E-state index in [1.54, 1.807) is 6.92 Å². The molecule has 7 nitrogen and oxygen atoms in total. The fraction of sp³-hybridized carbons (Fsp3) is 0.476. The Labute approximate surface area is 200 Å². The molecular weight excluding hydrogens is 513 g/mol. The molecule has 0 spiro atoms. The molecule has 0 saturated carbocycles. The van der Waals surface area contributed by atoms with Gasteiger partial charge in [-0.3, -0.25) is 4.99 Å². The highest BCUT2D eigenvalue weighted by atomic mass is 127. The molecule has 1 unspecified atom stereocenters. The van der Waals surface area contributed by atoms with Crippen LogP contribution < -0.4 is 15.5 Å². The van der Waals surface area contributed by atoms with E-state index < -0.39 is 0 Å². The minimum atomic E-state index is -0.314. The number of anilines is 1. The zero-order valence-electron chi connectivity index (χ0n) is 18.3. The van der Waals surface area contributed by atoms with Crippen molar-refractivity contribution in [3.05, 3.63) is 45.9 Å². The molecule has 2 aromatic rings. The summed E-state index contributed by atoms with van der Waals surface area (Å²) in [6.07, 6.45) is 0. The Kier molecular flexibility index (Phi) is 11.7. The van der Waals surface area contributed by atoms with Crippen LogP contribution in [0.2, 0.25) is 0 Å². The second-order valence-electron chi connectivity index (χ2n) is 6.57. The predicted octanol–water partition coefficient (Wildman–Crippen LogP) is 4.00. The average Bonchev–Trinajstić information content (AvgIpc) is 3.11. The van der Waals surface area contributed by atoms with Gasteiger partial charge in [0.15, 0.2) is 5.96 Å². The first-order valence-corrected chi connectivity index (χ1v) is 10.7. The first-order valence-electron chi connectivity index (χ1n) is 9.91. The number of halogens is 1. The van der Waals surface area contributed by atoms with Crippen LogP contribution in [-0.4, -0.2) is 50.2 Å². The Morgan fingerprint density at radius 2 is 2.00 bits per heavy atom. The molecule has 0 fully saturated rings. The van der Waals surface area contributed by atoms with Gasteiger partial charge in [0, 0.05) is 25.8 Å². The quantitative estimate of drug-likeness (QED) is 0.215. The summed E-state index contributed by atoms with van der Waals surface area (Å²) in [5.74, 6) is 0.414. The monoisotopic (exact) mass is 545 g/mol. The van der Waals surface area contributed by atoms with Gasteiger partial charge in [0.05, 0.1) is 24.9 Å². The molecule has 2 rings (SSSR count). The minimum absolute atomic E-state index is 0. The molecular formula is C21H32IN5O2S. The number of benzene rings is 1. The Morgan fingerprint density at radius 3 is 2.63 bits per heavy atom. The van der Waals surface area contributed by atoms with E-state index in [0.29, 0.717) is 23.7 Å². The molecule has 0 aliphatic rings. The maximum absolute atomic E-state index is 12.0. The van der Waals surface area contributed by atoms with Gasteiger partial charge in [0.25, 0.3) is 0 Å². The topological polar surface area (TPSA) is 78.9 Å². The van der Waals surface area contributed by atoms with Crippen molar-refractivity contribution in [1.29, 1.82) is 0 Å². The number of aliphatic imine (C=N–C) groups is 1. The summed E-state index contributed by atoms with van der Waals surface area (Å²) in [5, 5.41) is 7.47. The van der Waals surface area contributed by atoms with Crippen molar-refractivity contribution in [2.75, 3.05) is 38.2 Å². The summed E-state index contributed by atoms with van der Waals surface area (Å²) < 4.78 is 5.10. The van der Waals surface area contributed by atoms with E-state index in [0.717, 1.165) is 24.1 Å². The molecule has 1 heterocycles. The maximum Gasteiger partial charge on any atom is 0.350 e. The van der Waals surface area contributed by atoms with E-state index in [4.69, 9.17) is 4.74 Å². The number of aryl methyl sites for hydroxylation is 1. The number of nitrogens with one attached hydrogen (secondary N) is 2. The highest BCUT2D eigenvalue weighted by Gasteiger charge is 2.20. The molecule has 166 valence electrons. The van der Waals surface area contributed by atoms with E-state index >= 15 is 0 Å². The van der Waals surface area contributed by atoms with Crippen LogP contribution in [0.1, 0.15) is 47.2 Å². The molecule has 30 heavy (non-hydrogen) atoms. The molecule has 2 N–H and O–H groups in total. The van der Waals surface area contributed by atoms with E-state index in [1.165, 1.54) is 17.0 Å². The summed E-state index contributed by atoms with van der Waals surface area (Å²) in [6.45, 7) is 10.2. The standard InChI is InChI=1S/C21H31N5O2S.HI/c1-6-22-21(23-13-14-26(5)17-11-9-8-10-12-17)25-16(4)19-24-15(3)18(29-19)20(27)28-7-2;/h8-12,16H,6-7,13-14H2,1-5H3,(H2,22,23,25);1H. The third kappa shape index (κ3) is 7.75. The minimum Gasteiger partial charge on any atom is -0.462 e. The summed E-state index contributed by atoms with van der Waals surface area (Å²) in [4.78, 5) is 24.0. The van der Waals surface area contributed by atoms with Crippen LogP contribution in [0.5, 0.6) is 0 Å². The summed E-state index contributed by atoms with van der Waals surface area (Å²) >= 11 is 1.36. The van der Waals surface area contributed by atoms with Crippen molar-refractivity contribution in [2.24, 2.45) is 4.99 Å². The van der Waals surface area contributed by atoms with Gasteiger partial charge < -0.3 is 20.3 Å². The second kappa shape index (κ2) is 13.4. The lowest BCUT2D eigenvalue weighted by molar-refractivity contribution is 0.0531. The lowest BCUT2D eigenvalue weighted by Crippen LogP contribution is -2.39. The molecule has 0 radical (unpaired) electrons. The van der Waals surface area contributed by atoms with Crippen LogP contribution in [-0.2, 0) is 4.74 Å². The van der Waals surface area contributed by atoms with Crippen LogP contribution in [0.15, 0.2) is 35.3 Å². The van der Waals surface area contributed by atoms with Crippen LogP contribution >= 0.6 is 35.3 Å². The third-order valence-electron chi connectivity index (χ3n) is 4.24. The van der Waals surface area contributed by atoms with Crippen LogP contribution in [0.4, 0.5) is 5.69 Å². The number of esters is 1. The highest BCUT2D eigenvalue weighted by molar-refractivity contribution is 14.0. The summed E-state index contributed by atoms with van der Waals surface area (Å²) in [7, 11) is 2.06. The van der Waals surface area contributed by atoms with Crippen LogP contribution in [0, 0.1) is 6.92 Å². The SMILES string of the molecule is CCNC(=NCCN(C)c1ccccc1)NC(C)c1nc(C)c(C(=O)OCC)s1.I. The van der Waals surface area contributed by atoms with Crippen molar-refractivity contribution in [3.8, 4) is 0 Å². The van der Waals surface area contributed by atoms with Crippen LogP contribution in [0.25, 0.3) is 0 Å². The largest absolute Gasteiger partial charge is 0.462 e. The zero-order valence-corrected chi connectivity index (χ0v) is 21.4. The zero-order chi connectivity index (χ0) is 21.2. The van der Waals surface area contributed by atoms with Gasteiger partial charge in [-0.15, -0.1) is 35.3 Å². The number of carbonyl (C=O) groups is 1. The average molecular weight is 545 g/mol. The number of likely N-dealkylation sites (N-methyl/N-ethyl adjacent to an activating group) is 1. The fourth-order valence-electron chi connectivity index (χ4n) is 2.70. The molecule has 0 saturated heterocycles. The molecule has 9 heteroatoms. The molecule has 0 aliphatic carbocycles. The summed E-state index contributed by atoms with van der Waals surface area (Å²) in [5.41, 5.74) is 1.86. The molecule has 1 aromatic heterocycles. The number of rotatable bonds is 9. The number of carbonyl (C=O) groups excluding carboxylic acids is 1. The highest BCUT2D eigenvalue weighted by Crippen LogP contribution is 2.24. The lowest BCUT2D eigenvalue weighted by Gasteiger charge is -2.19. The first-order chi connectivity index (χ1) is 14.0. The number of guanidine groups is 1. The van der Waals surface area contributed by atoms with E-state index in [-0.39, 0.29) is 36.0 Å². The third-order valence-corrected chi connectivity index (χ3v) is 5.56. The Morgan fingerprint density at radius 1 is 1.30 bits per heavy atom. The number of para-hydroxylation sites is 1. The molecule has 0 bridgehead atoms. The number of hydrogen-bond acceptors (Lipinski definition) is 6. The van der Waals surface area contributed by atoms with Gasteiger partial charge in [-0.2, -0.15) is 0 Å². The number of hydrogen-bond donors (Lipinski definition) is 2. The van der Waals surface area contributed by atoms with Crippen molar-refractivity contribution in [3.63, 3.8) is 0 Å². The summed E-state index contributed by atoms with van der Waals surface area (Å²) in [6, 6.07) is 10.2. The molecule has 1 atom stereocenters. The first kappa shape index (κ1) is 26.2. The van der Waals surface area contributed by atoms with E-state index in [1.807, 2.05) is 39.0 Å². The van der Waals surface area contributed by atoms with Crippen molar-refractivity contribution >= 4 is 52.9 Å².